The lowest BCUT2D eigenvalue weighted by Crippen LogP contribution is -2.38. The summed E-state index contributed by atoms with van der Waals surface area (Å²) in [4.78, 5) is 13.1. The summed E-state index contributed by atoms with van der Waals surface area (Å²) in [6.45, 7) is 4.79. The van der Waals surface area contributed by atoms with Crippen LogP contribution >= 0.6 is 11.3 Å². The van der Waals surface area contributed by atoms with Crippen LogP contribution in [0.5, 0.6) is 0 Å². The molecule has 2 rings (SSSR count). The Bertz CT molecular complexity index is 579. The van der Waals surface area contributed by atoms with Crippen molar-refractivity contribution in [1.82, 2.24) is 5.32 Å². The molecule has 0 saturated carbocycles. The van der Waals surface area contributed by atoms with Crippen LogP contribution in [0.25, 0.3) is 0 Å². The molecule has 0 aliphatic rings. The molecule has 106 valence electrons. The van der Waals surface area contributed by atoms with Crippen molar-refractivity contribution >= 4 is 28.7 Å². The Kier molecular flexibility index (Phi) is 4.29. The molecule has 4 nitrogen and oxygen atoms in total. The van der Waals surface area contributed by atoms with E-state index >= 15 is 0 Å². The van der Waals surface area contributed by atoms with E-state index in [0.29, 0.717) is 17.9 Å². The van der Waals surface area contributed by atoms with Crippen molar-refractivity contribution in [3.05, 3.63) is 46.7 Å². The van der Waals surface area contributed by atoms with E-state index in [-0.39, 0.29) is 11.4 Å². The third-order valence-electron chi connectivity index (χ3n) is 3.02. The molecular weight excluding hydrogens is 270 g/mol. The van der Waals surface area contributed by atoms with Crippen LogP contribution in [0.3, 0.4) is 0 Å². The molecule has 1 aromatic heterocycles. The van der Waals surface area contributed by atoms with Crippen LogP contribution in [0, 0.1) is 0 Å². The normalized spacial score (nSPS) is 11.1. The maximum atomic E-state index is 11.9. The summed E-state index contributed by atoms with van der Waals surface area (Å²) >= 11 is 1.70. The highest BCUT2D eigenvalue weighted by atomic mass is 32.1. The number of thiophene rings is 1. The van der Waals surface area contributed by atoms with Crippen molar-refractivity contribution in [2.45, 2.75) is 19.3 Å². The topological polar surface area (TPSA) is 67.2 Å². The third-order valence-corrected chi connectivity index (χ3v) is 4.26. The average Bonchev–Trinajstić information content (AvgIpc) is 2.91. The van der Waals surface area contributed by atoms with Crippen LogP contribution in [0.1, 0.15) is 18.7 Å². The number of carbonyl (C=O) groups excluding carboxylic acids is 1. The van der Waals surface area contributed by atoms with Gasteiger partial charge in [0.2, 0.25) is 0 Å². The molecule has 0 aliphatic heterocycles. The third kappa shape index (κ3) is 3.74. The molecule has 0 aliphatic carbocycles. The molecule has 0 atom stereocenters. The molecule has 5 heteroatoms. The average molecular weight is 289 g/mol. The minimum atomic E-state index is -0.222. The lowest BCUT2D eigenvalue weighted by molar-refractivity contribution is 0.250. The van der Waals surface area contributed by atoms with Crippen molar-refractivity contribution in [3.8, 4) is 0 Å². The molecule has 0 radical (unpaired) electrons. The van der Waals surface area contributed by atoms with Crippen molar-refractivity contribution in [2.75, 3.05) is 17.6 Å². The number of rotatable bonds is 4. The van der Waals surface area contributed by atoms with Crippen LogP contribution in [0.15, 0.2) is 41.8 Å². The van der Waals surface area contributed by atoms with E-state index in [1.54, 1.807) is 35.6 Å². The summed E-state index contributed by atoms with van der Waals surface area (Å²) in [7, 11) is 0. The second-order valence-electron chi connectivity index (χ2n) is 5.29. The standard InChI is InChI=1S/C15H19N3OS/c1-15(2,13-7-4-8-20-13)10-17-14(19)18-12-6-3-5-11(16)9-12/h3-9H,10,16H2,1-2H3,(H2,17,18,19). The number of amides is 2. The van der Waals surface area contributed by atoms with E-state index < -0.39 is 0 Å². The lowest BCUT2D eigenvalue weighted by Gasteiger charge is -2.23. The van der Waals surface area contributed by atoms with E-state index in [9.17, 15) is 4.79 Å². The number of urea groups is 1. The summed E-state index contributed by atoms with van der Waals surface area (Å²) in [6, 6.07) is 11.0. The zero-order valence-corrected chi connectivity index (χ0v) is 12.5. The summed E-state index contributed by atoms with van der Waals surface area (Å²) in [5, 5.41) is 7.71. The number of nitrogens with one attached hydrogen (secondary N) is 2. The fourth-order valence-corrected chi connectivity index (χ4v) is 2.70. The van der Waals surface area contributed by atoms with Gasteiger partial charge in [0.15, 0.2) is 0 Å². The molecule has 0 spiro atoms. The van der Waals surface area contributed by atoms with Crippen LogP contribution in [-0.2, 0) is 5.41 Å². The van der Waals surface area contributed by atoms with Gasteiger partial charge in [-0.2, -0.15) is 0 Å². The highest BCUT2D eigenvalue weighted by Gasteiger charge is 2.22. The fourth-order valence-electron chi connectivity index (χ4n) is 1.84. The quantitative estimate of drug-likeness (QED) is 0.755. The molecule has 1 aromatic carbocycles. The maximum Gasteiger partial charge on any atom is 0.319 e. The molecule has 2 aromatic rings. The van der Waals surface area contributed by atoms with E-state index in [1.165, 1.54) is 4.88 Å². The van der Waals surface area contributed by atoms with Gasteiger partial charge in [-0.3, -0.25) is 0 Å². The van der Waals surface area contributed by atoms with Gasteiger partial charge >= 0.3 is 6.03 Å². The minimum absolute atomic E-state index is 0.0821. The van der Waals surface area contributed by atoms with E-state index in [0.717, 1.165) is 0 Å². The molecule has 0 saturated heterocycles. The van der Waals surface area contributed by atoms with Gasteiger partial charge in [-0.05, 0) is 29.6 Å². The Morgan fingerprint density at radius 1 is 1.30 bits per heavy atom. The molecule has 0 unspecified atom stereocenters. The van der Waals surface area contributed by atoms with Gasteiger partial charge in [0.1, 0.15) is 0 Å². The van der Waals surface area contributed by atoms with E-state index in [2.05, 4.69) is 30.5 Å². The predicted molar refractivity (Wildman–Crippen MR) is 85.2 cm³/mol. The van der Waals surface area contributed by atoms with Gasteiger partial charge in [0, 0.05) is 28.2 Å². The zero-order chi connectivity index (χ0) is 14.6. The number of carbonyl (C=O) groups is 1. The number of anilines is 2. The highest BCUT2D eigenvalue weighted by Crippen LogP contribution is 2.26. The Labute approximate surface area is 123 Å². The fraction of sp³-hybridized carbons (Fsp3) is 0.267. The van der Waals surface area contributed by atoms with Gasteiger partial charge < -0.3 is 16.4 Å². The van der Waals surface area contributed by atoms with E-state index in [4.69, 9.17) is 5.73 Å². The van der Waals surface area contributed by atoms with Crippen molar-refractivity contribution < 1.29 is 4.79 Å². The number of benzene rings is 1. The smallest absolute Gasteiger partial charge is 0.319 e. The van der Waals surface area contributed by atoms with Crippen LogP contribution in [0.4, 0.5) is 16.2 Å². The van der Waals surface area contributed by atoms with Crippen LogP contribution in [-0.4, -0.2) is 12.6 Å². The Morgan fingerprint density at radius 3 is 2.75 bits per heavy atom. The molecule has 20 heavy (non-hydrogen) atoms. The molecule has 0 bridgehead atoms. The zero-order valence-electron chi connectivity index (χ0n) is 11.6. The second-order valence-corrected chi connectivity index (χ2v) is 6.24. The van der Waals surface area contributed by atoms with E-state index in [1.807, 2.05) is 11.4 Å². The summed E-state index contributed by atoms with van der Waals surface area (Å²) < 4.78 is 0. The predicted octanol–water partition coefficient (Wildman–Crippen LogP) is 3.43. The first-order chi connectivity index (χ1) is 9.47. The Hall–Kier alpha value is -2.01. The molecule has 4 N–H and O–H groups in total. The van der Waals surface area contributed by atoms with Gasteiger partial charge in [0.05, 0.1) is 0 Å². The highest BCUT2D eigenvalue weighted by molar-refractivity contribution is 7.10. The SMILES string of the molecule is CC(C)(CNC(=O)Nc1cccc(N)c1)c1cccs1. The number of hydrogen-bond donors (Lipinski definition) is 3. The van der Waals surface area contributed by atoms with Gasteiger partial charge in [-0.1, -0.05) is 26.0 Å². The first kappa shape index (κ1) is 14.4. The minimum Gasteiger partial charge on any atom is -0.399 e. The first-order valence-corrected chi connectivity index (χ1v) is 7.30. The van der Waals surface area contributed by atoms with Crippen LogP contribution in [0.2, 0.25) is 0 Å². The molecular formula is C15H19N3OS. The lowest BCUT2D eigenvalue weighted by atomic mass is 9.91. The molecule has 0 fully saturated rings. The second kappa shape index (κ2) is 5.96. The Balaban J connectivity index is 1.89. The summed E-state index contributed by atoms with van der Waals surface area (Å²) in [5.74, 6) is 0. The largest absolute Gasteiger partial charge is 0.399 e. The first-order valence-electron chi connectivity index (χ1n) is 6.42. The summed E-state index contributed by atoms with van der Waals surface area (Å²) in [5.41, 5.74) is 6.91. The number of nitrogen functional groups attached to an aromatic ring is 1. The summed E-state index contributed by atoms with van der Waals surface area (Å²) in [6.07, 6.45) is 0. The number of nitrogens with two attached hydrogens (primary N) is 1. The van der Waals surface area contributed by atoms with Crippen molar-refractivity contribution in [2.24, 2.45) is 0 Å². The van der Waals surface area contributed by atoms with Crippen molar-refractivity contribution in [3.63, 3.8) is 0 Å². The monoisotopic (exact) mass is 289 g/mol. The molecule has 2 amide bonds. The van der Waals surface area contributed by atoms with Crippen LogP contribution < -0.4 is 16.4 Å². The van der Waals surface area contributed by atoms with Gasteiger partial charge in [-0.25, -0.2) is 4.79 Å². The van der Waals surface area contributed by atoms with Crippen molar-refractivity contribution in [1.29, 1.82) is 0 Å². The number of hydrogen-bond acceptors (Lipinski definition) is 3. The van der Waals surface area contributed by atoms with Gasteiger partial charge in [0.25, 0.3) is 0 Å². The molecule has 1 heterocycles. The van der Waals surface area contributed by atoms with Gasteiger partial charge in [-0.15, -0.1) is 11.3 Å². The Morgan fingerprint density at radius 2 is 2.10 bits per heavy atom. The maximum absolute atomic E-state index is 11.9.